The van der Waals surface area contributed by atoms with E-state index in [-0.39, 0.29) is 5.60 Å². The minimum atomic E-state index is -0.332. The first kappa shape index (κ1) is 18.5. The zero-order chi connectivity index (χ0) is 19.2. The van der Waals surface area contributed by atoms with E-state index in [1.165, 1.54) is 37.9 Å². The van der Waals surface area contributed by atoms with Gasteiger partial charge in [-0.05, 0) is 62.6 Å². The highest BCUT2D eigenvalue weighted by atomic mass is 28.2. The summed E-state index contributed by atoms with van der Waals surface area (Å²) >= 11 is 0. The second-order valence-electron chi connectivity index (χ2n) is 8.76. The molecule has 0 amide bonds. The van der Waals surface area contributed by atoms with Gasteiger partial charge in [0.25, 0.3) is 0 Å². The molecule has 0 saturated heterocycles. The van der Waals surface area contributed by atoms with Crippen LogP contribution in [-0.2, 0) is 10.0 Å². The molecule has 0 aliphatic carbocycles. The molecule has 0 heterocycles. The quantitative estimate of drug-likeness (QED) is 0.263. The molecule has 0 aliphatic rings. The van der Waals surface area contributed by atoms with E-state index in [4.69, 9.17) is 4.43 Å². The second kappa shape index (κ2) is 6.92. The van der Waals surface area contributed by atoms with Crippen molar-refractivity contribution in [1.82, 2.24) is 0 Å². The van der Waals surface area contributed by atoms with Crippen LogP contribution in [0.5, 0.6) is 0 Å². The van der Waals surface area contributed by atoms with E-state index in [0.717, 1.165) is 12.8 Å². The molecule has 0 N–H and O–H groups in total. The summed E-state index contributed by atoms with van der Waals surface area (Å²) in [5, 5.41) is 7.96. The van der Waals surface area contributed by atoms with Gasteiger partial charge < -0.3 is 4.43 Å². The molecule has 2 heteroatoms. The Morgan fingerprint density at radius 1 is 0.741 bits per heavy atom. The fourth-order valence-corrected chi connectivity index (χ4v) is 5.17. The third kappa shape index (κ3) is 3.05. The Balaban J connectivity index is 2.08. The first-order valence-corrected chi connectivity index (χ1v) is 10.4. The zero-order valence-corrected chi connectivity index (χ0v) is 17.7. The second-order valence-corrected chi connectivity index (χ2v) is 8.97. The van der Waals surface area contributed by atoms with E-state index in [9.17, 15) is 0 Å². The van der Waals surface area contributed by atoms with Crippen LogP contribution in [0.2, 0.25) is 0 Å². The monoisotopic (exact) mass is 371 g/mol. The van der Waals surface area contributed by atoms with Gasteiger partial charge in [-0.3, -0.25) is 0 Å². The Hall–Kier alpha value is -1.90. The van der Waals surface area contributed by atoms with Crippen LogP contribution in [0.3, 0.4) is 0 Å². The summed E-state index contributed by atoms with van der Waals surface area (Å²) in [7, 11) is 3.49. The predicted octanol–water partition coefficient (Wildman–Crippen LogP) is 6.97. The molecular weight excluding hydrogens is 344 g/mol. The van der Waals surface area contributed by atoms with Crippen LogP contribution >= 0.6 is 0 Å². The third-order valence-corrected chi connectivity index (χ3v) is 6.08. The van der Waals surface area contributed by atoms with Crippen LogP contribution in [0.1, 0.15) is 46.1 Å². The van der Waals surface area contributed by atoms with E-state index >= 15 is 0 Å². The fraction of sp³-hybridized carbons (Fsp3) is 0.360. The van der Waals surface area contributed by atoms with Gasteiger partial charge in [0.1, 0.15) is 0 Å². The van der Waals surface area contributed by atoms with Crippen molar-refractivity contribution in [3.8, 4) is 0 Å². The van der Waals surface area contributed by atoms with Crippen molar-refractivity contribution >= 4 is 42.8 Å². The molecule has 3 radical (unpaired) electrons. The normalized spacial score (nSPS) is 13.0. The fourth-order valence-electron chi connectivity index (χ4n) is 4.89. The van der Waals surface area contributed by atoms with Crippen LogP contribution in [0, 0.1) is 11.8 Å². The van der Waals surface area contributed by atoms with Gasteiger partial charge in [0.15, 0.2) is 0 Å². The first-order chi connectivity index (χ1) is 12.9. The summed E-state index contributed by atoms with van der Waals surface area (Å²) in [4.78, 5) is 0. The highest BCUT2D eigenvalue weighted by molar-refractivity contribution is 6.23. The third-order valence-electron chi connectivity index (χ3n) is 5.69. The van der Waals surface area contributed by atoms with Crippen LogP contribution in [0.15, 0.2) is 54.6 Å². The van der Waals surface area contributed by atoms with E-state index in [2.05, 4.69) is 92.8 Å². The lowest BCUT2D eigenvalue weighted by molar-refractivity contribution is 0.0324. The lowest BCUT2D eigenvalue weighted by atomic mass is 9.77. The standard InChI is InChI=1S/C25H27OSi/c1-16(2)14-25(26-27,15-17(3)4)22-13-11-20-9-8-18-6-5-7-19-10-12-21(22)24(20)23(18)19/h5-13,16-17H,14-15H2,1-4H3. The maximum Gasteiger partial charge on any atom is 0.247 e. The molecule has 0 fully saturated rings. The van der Waals surface area contributed by atoms with Gasteiger partial charge in [-0.2, -0.15) is 0 Å². The highest BCUT2D eigenvalue weighted by Gasteiger charge is 2.35. The summed E-state index contributed by atoms with van der Waals surface area (Å²) < 4.78 is 6.14. The minimum absolute atomic E-state index is 0.332. The Morgan fingerprint density at radius 2 is 1.26 bits per heavy atom. The first-order valence-electron chi connectivity index (χ1n) is 9.97. The van der Waals surface area contributed by atoms with Crippen molar-refractivity contribution in [1.29, 1.82) is 0 Å². The van der Waals surface area contributed by atoms with Crippen molar-refractivity contribution in [2.24, 2.45) is 11.8 Å². The van der Waals surface area contributed by atoms with E-state index in [1.807, 2.05) is 0 Å². The van der Waals surface area contributed by atoms with Gasteiger partial charge in [0, 0.05) is 0 Å². The lowest BCUT2D eigenvalue weighted by Gasteiger charge is -2.38. The van der Waals surface area contributed by atoms with Crippen LogP contribution in [-0.4, -0.2) is 10.5 Å². The molecule has 0 bridgehead atoms. The molecule has 0 atom stereocenters. The summed E-state index contributed by atoms with van der Waals surface area (Å²) in [6, 6.07) is 20.2. The van der Waals surface area contributed by atoms with Crippen LogP contribution in [0.25, 0.3) is 32.3 Å². The van der Waals surface area contributed by atoms with Crippen LogP contribution < -0.4 is 0 Å². The van der Waals surface area contributed by atoms with Gasteiger partial charge in [-0.15, -0.1) is 0 Å². The Morgan fingerprint density at radius 3 is 1.81 bits per heavy atom. The molecule has 0 unspecified atom stereocenters. The van der Waals surface area contributed by atoms with E-state index < -0.39 is 0 Å². The minimum Gasteiger partial charge on any atom is -0.409 e. The van der Waals surface area contributed by atoms with Gasteiger partial charge in [0.05, 0.1) is 5.60 Å². The van der Waals surface area contributed by atoms with Crippen molar-refractivity contribution in [3.63, 3.8) is 0 Å². The topological polar surface area (TPSA) is 9.23 Å². The number of benzene rings is 4. The van der Waals surface area contributed by atoms with Crippen molar-refractivity contribution < 1.29 is 4.43 Å². The molecule has 4 rings (SSSR count). The van der Waals surface area contributed by atoms with Gasteiger partial charge >= 0.3 is 0 Å². The van der Waals surface area contributed by atoms with E-state index in [1.54, 1.807) is 0 Å². The van der Waals surface area contributed by atoms with Crippen molar-refractivity contribution in [2.75, 3.05) is 0 Å². The summed E-state index contributed by atoms with van der Waals surface area (Å²) in [6.45, 7) is 9.10. The predicted molar refractivity (Wildman–Crippen MR) is 118 cm³/mol. The van der Waals surface area contributed by atoms with Gasteiger partial charge in [-0.25, -0.2) is 0 Å². The average Bonchev–Trinajstić information content (AvgIpc) is 2.64. The highest BCUT2D eigenvalue weighted by Crippen LogP contribution is 2.44. The average molecular weight is 372 g/mol. The molecule has 4 aromatic rings. The van der Waals surface area contributed by atoms with Crippen molar-refractivity contribution in [3.05, 3.63) is 60.2 Å². The lowest BCUT2D eigenvalue weighted by Crippen LogP contribution is -2.33. The number of rotatable bonds is 6. The zero-order valence-electron chi connectivity index (χ0n) is 16.7. The maximum atomic E-state index is 6.14. The molecule has 4 aromatic carbocycles. The Labute approximate surface area is 165 Å². The molecule has 0 aliphatic heterocycles. The Bertz CT molecular complexity index is 1050. The molecular formula is C25H27OSi. The van der Waals surface area contributed by atoms with Crippen LogP contribution in [0.4, 0.5) is 0 Å². The van der Waals surface area contributed by atoms with E-state index in [0.29, 0.717) is 11.8 Å². The smallest absolute Gasteiger partial charge is 0.247 e. The number of hydrogen-bond acceptors (Lipinski definition) is 1. The molecule has 27 heavy (non-hydrogen) atoms. The number of hydrogen-bond donors (Lipinski definition) is 0. The molecule has 0 saturated carbocycles. The summed E-state index contributed by atoms with van der Waals surface area (Å²) in [5.74, 6) is 1.08. The summed E-state index contributed by atoms with van der Waals surface area (Å²) in [6.07, 6.45) is 1.97. The SMILES string of the molecule is CC(C)CC(CC(C)C)(O[Si])c1ccc2ccc3cccc4ccc1c2c34. The van der Waals surface area contributed by atoms with Gasteiger partial charge in [-0.1, -0.05) is 82.3 Å². The largest absolute Gasteiger partial charge is 0.409 e. The molecule has 0 aromatic heterocycles. The van der Waals surface area contributed by atoms with Crippen molar-refractivity contribution in [2.45, 2.75) is 46.1 Å². The molecule has 137 valence electrons. The summed E-state index contributed by atoms with van der Waals surface area (Å²) in [5.41, 5.74) is 0.965. The molecule has 0 spiro atoms. The maximum absolute atomic E-state index is 6.14. The van der Waals surface area contributed by atoms with Gasteiger partial charge in [0.2, 0.25) is 10.5 Å². The molecule has 1 nitrogen and oxygen atoms in total. The Kier molecular flexibility index (Phi) is 4.73.